The molecule has 0 atom stereocenters. The quantitative estimate of drug-likeness (QED) is 0.797. The van der Waals surface area contributed by atoms with Gasteiger partial charge in [0.2, 0.25) is 0 Å². The number of hydrogen-bond acceptors (Lipinski definition) is 3. The molecule has 1 saturated carbocycles. The monoisotopic (exact) mass is 211 g/mol. The SMILES string of the molecule is COc1ccc(F)c(C2(CN)CC2)c1O. The van der Waals surface area contributed by atoms with E-state index in [-0.39, 0.29) is 11.2 Å². The van der Waals surface area contributed by atoms with Gasteiger partial charge < -0.3 is 15.6 Å². The van der Waals surface area contributed by atoms with E-state index >= 15 is 0 Å². The van der Waals surface area contributed by atoms with E-state index in [9.17, 15) is 9.50 Å². The smallest absolute Gasteiger partial charge is 0.164 e. The van der Waals surface area contributed by atoms with Crippen LogP contribution in [0.2, 0.25) is 0 Å². The van der Waals surface area contributed by atoms with Crippen LogP contribution in [-0.4, -0.2) is 18.8 Å². The lowest BCUT2D eigenvalue weighted by Crippen LogP contribution is -2.21. The van der Waals surface area contributed by atoms with Crippen LogP contribution >= 0.6 is 0 Å². The molecule has 0 aliphatic heterocycles. The van der Waals surface area contributed by atoms with Gasteiger partial charge in [0.15, 0.2) is 11.5 Å². The molecule has 0 bridgehead atoms. The molecular formula is C11H14FNO2. The predicted molar refractivity (Wildman–Crippen MR) is 54.6 cm³/mol. The Kier molecular flexibility index (Phi) is 2.31. The highest BCUT2D eigenvalue weighted by Gasteiger charge is 2.47. The first kappa shape index (κ1) is 10.2. The zero-order valence-electron chi connectivity index (χ0n) is 8.59. The van der Waals surface area contributed by atoms with Crippen LogP contribution in [0.15, 0.2) is 12.1 Å². The predicted octanol–water partition coefficient (Wildman–Crippen LogP) is 1.53. The molecule has 82 valence electrons. The highest BCUT2D eigenvalue weighted by atomic mass is 19.1. The largest absolute Gasteiger partial charge is 0.504 e. The Labute approximate surface area is 87.7 Å². The molecule has 1 fully saturated rings. The molecule has 4 heteroatoms. The van der Waals surface area contributed by atoms with Crippen molar-refractivity contribution in [3.63, 3.8) is 0 Å². The molecule has 0 saturated heterocycles. The Morgan fingerprint density at radius 3 is 2.67 bits per heavy atom. The summed E-state index contributed by atoms with van der Waals surface area (Å²) in [6.07, 6.45) is 1.64. The van der Waals surface area contributed by atoms with Gasteiger partial charge in [-0.1, -0.05) is 0 Å². The highest BCUT2D eigenvalue weighted by molar-refractivity contribution is 5.52. The Bertz CT molecular complexity index is 388. The molecule has 3 nitrogen and oxygen atoms in total. The third-order valence-corrected chi connectivity index (χ3v) is 3.08. The van der Waals surface area contributed by atoms with Crippen LogP contribution < -0.4 is 10.5 Å². The molecule has 1 aliphatic carbocycles. The minimum Gasteiger partial charge on any atom is -0.504 e. The second-order valence-corrected chi connectivity index (χ2v) is 3.96. The summed E-state index contributed by atoms with van der Waals surface area (Å²) in [5, 5.41) is 9.86. The summed E-state index contributed by atoms with van der Waals surface area (Å²) in [6.45, 7) is 0.352. The van der Waals surface area contributed by atoms with Crippen molar-refractivity contribution in [1.29, 1.82) is 0 Å². The minimum absolute atomic E-state index is 0.111. The van der Waals surface area contributed by atoms with Gasteiger partial charge in [0.1, 0.15) is 5.82 Å². The van der Waals surface area contributed by atoms with Crippen LogP contribution in [-0.2, 0) is 5.41 Å². The third-order valence-electron chi connectivity index (χ3n) is 3.08. The fraction of sp³-hybridized carbons (Fsp3) is 0.455. The molecule has 2 rings (SSSR count). The van der Waals surface area contributed by atoms with Gasteiger partial charge >= 0.3 is 0 Å². The number of rotatable bonds is 3. The van der Waals surface area contributed by atoms with Crippen LogP contribution in [0.1, 0.15) is 18.4 Å². The first-order chi connectivity index (χ1) is 7.14. The van der Waals surface area contributed by atoms with Crippen molar-refractivity contribution in [3.8, 4) is 11.5 Å². The summed E-state index contributed by atoms with van der Waals surface area (Å²) in [5.41, 5.74) is 5.55. The molecule has 0 amide bonds. The number of benzene rings is 1. The van der Waals surface area contributed by atoms with Gasteiger partial charge in [-0.15, -0.1) is 0 Å². The molecular weight excluding hydrogens is 197 g/mol. The summed E-state index contributed by atoms with van der Waals surface area (Å²) >= 11 is 0. The van der Waals surface area contributed by atoms with Gasteiger partial charge in [0.05, 0.1) is 7.11 Å². The number of halogens is 1. The molecule has 15 heavy (non-hydrogen) atoms. The number of methoxy groups -OCH3 is 1. The number of phenols is 1. The van der Waals surface area contributed by atoms with Crippen molar-refractivity contribution in [1.82, 2.24) is 0 Å². The average molecular weight is 211 g/mol. The Balaban J connectivity index is 2.54. The topological polar surface area (TPSA) is 55.5 Å². The Morgan fingerprint density at radius 1 is 1.53 bits per heavy atom. The lowest BCUT2D eigenvalue weighted by Gasteiger charge is -2.17. The van der Waals surface area contributed by atoms with Crippen LogP contribution in [0, 0.1) is 5.82 Å². The maximum Gasteiger partial charge on any atom is 0.164 e. The van der Waals surface area contributed by atoms with E-state index in [1.54, 1.807) is 0 Å². The van der Waals surface area contributed by atoms with Gasteiger partial charge in [0.25, 0.3) is 0 Å². The van der Waals surface area contributed by atoms with Crippen molar-refractivity contribution in [2.45, 2.75) is 18.3 Å². The van der Waals surface area contributed by atoms with Crippen molar-refractivity contribution in [2.75, 3.05) is 13.7 Å². The van der Waals surface area contributed by atoms with Crippen LogP contribution in [0.25, 0.3) is 0 Å². The van der Waals surface area contributed by atoms with E-state index in [2.05, 4.69) is 0 Å². The number of ether oxygens (including phenoxy) is 1. The summed E-state index contributed by atoms with van der Waals surface area (Å²) in [4.78, 5) is 0. The fourth-order valence-electron chi connectivity index (χ4n) is 1.92. The molecule has 0 radical (unpaired) electrons. The summed E-state index contributed by atoms with van der Waals surface area (Å²) in [6, 6.07) is 2.73. The lowest BCUT2D eigenvalue weighted by atomic mass is 9.94. The zero-order valence-corrected chi connectivity index (χ0v) is 8.59. The van der Waals surface area contributed by atoms with Gasteiger partial charge in [-0.2, -0.15) is 0 Å². The van der Waals surface area contributed by atoms with Gasteiger partial charge in [-0.05, 0) is 25.0 Å². The molecule has 0 spiro atoms. The highest BCUT2D eigenvalue weighted by Crippen LogP contribution is 2.53. The average Bonchev–Trinajstić information content (AvgIpc) is 2.99. The third kappa shape index (κ3) is 1.45. The number of hydrogen-bond donors (Lipinski definition) is 2. The fourth-order valence-corrected chi connectivity index (χ4v) is 1.92. The van der Waals surface area contributed by atoms with E-state index in [1.807, 2.05) is 0 Å². The molecule has 0 aromatic heterocycles. The molecule has 1 aromatic carbocycles. The normalized spacial score (nSPS) is 17.5. The maximum atomic E-state index is 13.6. The lowest BCUT2D eigenvalue weighted by molar-refractivity contribution is 0.363. The van der Waals surface area contributed by atoms with Crippen LogP contribution in [0.4, 0.5) is 4.39 Å². The number of nitrogens with two attached hydrogens (primary N) is 1. The van der Waals surface area contributed by atoms with Crippen molar-refractivity contribution in [2.24, 2.45) is 5.73 Å². The van der Waals surface area contributed by atoms with E-state index in [4.69, 9.17) is 10.5 Å². The number of phenolic OH excluding ortho intramolecular Hbond substituents is 1. The Morgan fingerprint density at radius 2 is 2.20 bits per heavy atom. The van der Waals surface area contributed by atoms with Crippen LogP contribution in [0.5, 0.6) is 11.5 Å². The maximum absolute atomic E-state index is 13.6. The van der Waals surface area contributed by atoms with Gasteiger partial charge in [-0.3, -0.25) is 0 Å². The zero-order chi connectivity index (χ0) is 11.1. The van der Waals surface area contributed by atoms with E-state index < -0.39 is 5.82 Å². The first-order valence-electron chi connectivity index (χ1n) is 4.90. The molecule has 0 heterocycles. The van der Waals surface area contributed by atoms with Gasteiger partial charge in [0, 0.05) is 17.5 Å². The summed E-state index contributed by atoms with van der Waals surface area (Å²) in [7, 11) is 1.44. The summed E-state index contributed by atoms with van der Waals surface area (Å²) in [5.74, 6) is -0.220. The van der Waals surface area contributed by atoms with Crippen LogP contribution in [0.3, 0.4) is 0 Å². The van der Waals surface area contributed by atoms with E-state index in [0.29, 0.717) is 17.9 Å². The number of aromatic hydroxyl groups is 1. The van der Waals surface area contributed by atoms with Crippen molar-refractivity contribution < 1.29 is 14.2 Å². The standard InChI is InChI=1S/C11H14FNO2/c1-15-8-3-2-7(12)9(10(8)14)11(6-13)4-5-11/h2-3,14H,4-6,13H2,1H3. The molecule has 3 N–H and O–H groups in total. The van der Waals surface area contributed by atoms with Gasteiger partial charge in [-0.25, -0.2) is 4.39 Å². The van der Waals surface area contributed by atoms with Crippen molar-refractivity contribution in [3.05, 3.63) is 23.5 Å². The molecule has 1 aromatic rings. The first-order valence-corrected chi connectivity index (χ1v) is 4.90. The summed E-state index contributed by atoms with van der Waals surface area (Å²) < 4.78 is 18.6. The van der Waals surface area contributed by atoms with E-state index in [0.717, 1.165) is 12.8 Å². The Hall–Kier alpha value is -1.29. The second kappa shape index (κ2) is 3.38. The minimum atomic E-state index is -0.406. The molecule has 0 unspecified atom stereocenters. The van der Waals surface area contributed by atoms with Crippen molar-refractivity contribution >= 4 is 0 Å². The van der Waals surface area contributed by atoms with E-state index in [1.165, 1.54) is 19.2 Å². The second-order valence-electron chi connectivity index (χ2n) is 3.96. The molecule has 1 aliphatic rings.